The number of carbonyl (C=O) groups excluding carboxylic acids is 1. The molecule has 0 radical (unpaired) electrons. The van der Waals surface area contributed by atoms with Gasteiger partial charge in [0.05, 0.1) is 0 Å². The molecule has 0 spiro atoms. The molecule has 7 nitrogen and oxygen atoms in total. The van der Waals surface area contributed by atoms with Gasteiger partial charge in [-0.1, -0.05) is 35.5 Å². The number of nitrogens with one attached hydrogen (secondary N) is 1. The topological polar surface area (TPSA) is 92.5 Å². The summed E-state index contributed by atoms with van der Waals surface area (Å²) in [6.07, 6.45) is 1.04. The smallest absolute Gasteiger partial charge is 0.248 e. The average molecular weight is 438 g/mol. The second-order valence-corrected chi connectivity index (χ2v) is 10.1. The van der Waals surface area contributed by atoms with Gasteiger partial charge in [0.1, 0.15) is 10.6 Å². The van der Waals surface area contributed by atoms with E-state index in [2.05, 4.69) is 22.6 Å². The summed E-state index contributed by atoms with van der Waals surface area (Å²) in [6, 6.07) is 10.2. The first kappa shape index (κ1) is 21.9. The highest BCUT2D eigenvalue weighted by molar-refractivity contribution is 7.98. The zero-order valence-electron chi connectivity index (χ0n) is 16.8. The Morgan fingerprint density at radius 1 is 1.24 bits per heavy atom. The first-order valence-electron chi connectivity index (χ1n) is 9.72. The molecule has 158 valence electrons. The van der Waals surface area contributed by atoms with E-state index in [1.165, 1.54) is 9.87 Å². The van der Waals surface area contributed by atoms with Gasteiger partial charge in [-0.15, -0.1) is 0 Å². The Hall–Kier alpha value is -1.84. The molecule has 2 heterocycles. The first-order chi connectivity index (χ1) is 13.9. The molecule has 29 heavy (non-hydrogen) atoms. The summed E-state index contributed by atoms with van der Waals surface area (Å²) < 4.78 is 32.1. The maximum Gasteiger partial charge on any atom is 0.248 e. The highest BCUT2D eigenvalue weighted by Gasteiger charge is 2.35. The van der Waals surface area contributed by atoms with Gasteiger partial charge in [0.25, 0.3) is 0 Å². The number of benzene rings is 1. The van der Waals surface area contributed by atoms with Crippen LogP contribution < -0.4 is 5.32 Å². The minimum Gasteiger partial charge on any atom is -0.360 e. The number of aromatic nitrogens is 1. The largest absolute Gasteiger partial charge is 0.360 e. The van der Waals surface area contributed by atoms with Gasteiger partial charge in [-0.3, -0.25) is 4.79 Å². The third-order valence-corrected chi connectivity index (χ3v) is 8.22. The number of carbonyl (C=O) groups is 1. The van der Waals surface area contributed by atoms with Crippen molar-refractivity contribution >= 4 is 27.7 Å². The third-order valence-electron chi connectivity index (χ3n) is 5.05. The second kappa shape index (κ2) is 9.77. The van der Waals surface area contributed by atoms with Crippen LogP contribution in [0.25, 0.3) is 0 Å². The number of hydrogen-bond acceptors (Lipinski definition) is 6. The van der Waals surface area contributed by atoms with E-state index >= 15 is 0 Å². The number of nitrogens with zero attached hydrogens (tertiary/aromatic N) is 2. The number of hydrogen-bond donors (Lipinski definition) is 1. The van der Waals surface area contributed by atoms with Crippen molar-refractivity contribution in [2.45, 2.75) is 37.3 Å². The van der Waals surface area contributed by atoms with Crippen LogP contribution in [0.5, 0.6) is 0 Å². The molecule has 0 saturated carbocycles. The highest BCUT2D eigenvalue weighted by Crippen LogP contribution is 2.27. The molecule has 3 rings (SSSR count). The molecular weight excluding hydrogens is 410 g/mol. The van der Waals surface area contributed by atoms with Crippen LogP contribution in [0.3, 0.4) is 0 Å². The summed E-state index contributed by atoms with van der Waals surface area (Å²) in [5.74, 6) is 1.94. The van der Waals surface area contributed by atoms with Crippen LogP contribution in [0.1, 0.15) is 29.9 Å². The monoisotopic (exact) mass is 437 g/mol. The molecule has 1 aliphatic heterocycles. The Balaban J connectivity index is 1.41. The van der Waals surface area contributed by atoms with E-state index in [4.69, 9.17) is 4.52 Å². The molecular formula is C20H27N3O4S2. The highest BCUT2D eigenvalue weighted by atomic mass is 32.2. The summed E-state index contributed by atoms with van der Waals surface area (Å²) >= 11 is 1.78. The van der Waals surface area contributed by atoms with Crippen LogP contribution in [0.4, 0.5) is 0 Å². The van der Waals surface area contributed by atoms with Gasteiger partial charge in [-0.05, 0) is 32.3 Å². The lowest BCUT2D eigenvalue weighted by Gasteiger charge is -2.30. The first-order valence-corrected chi connectivity index (χ1v) is 12.3. The van der Waals surface area contributed by atoms with Gasteiger partial charge in [0.15, 0.2) is 5.76 Å². The van der Waals surface area contributed by atoms with Gasteiger partial charge >= 0.3 is 0 Å². The van der Waals surface area contributed by atoms with Gasteiger partial charge in [-0.2, -0.15) is 16.1 Å². The Kier molecular flexibility index (Phi) is 7.37. The zero-order valence-corrected chi connectivity index (χ0v) is 18.4. The van der Waals surface area contributed by atoms with Gasteiger partial charge < -0.3 is 9.84 Å². The van der Waals surface area contributed by atoms with E-state index in [1.807, 2.05) is 18.2 Å². The number of rotatable bonds is 8. The van der Waals surface area contributed by atoms with E-state index in [0.717, 1.165) is 11.5 Å². The molecule has 1 aromatic heterocycles. The molecule has 9 heteroatoms. The van der Waals surface area contributed by atoms with Crippen LogP contribution in [0.15, 0.2) is 39.8 Å². The summed E-state index contributed by atoms with van der Waals surface area (Å²) in [7, 11) is -3.64. The maximum atomic E-state index is 12.9. The van der Waals surface area contributed by atoms with Crippen molar-refractivity contribution < 1.29 is 17.7 Å². The predicted molar refractivity (Wildman–Crippen MR) is 113 cm³/mol. The minimum absolute atomic E-state index is 0.0136. The van der Waals surface area contributed by atoms with Gasteiger partial charge in [-0.25, -0.2) is 8.42 Å². The fraction of sp³-hybridized carbons (Fsp3) is 0.500. The van der Waals surface area contributed by atoms with Crippen LogP contribution >= 0.6 is 11.8 Å². The van der Waals surface area contributed by atoms with Crippen molar-refractivity contribution in [1.29, 1.82) is 0 Å². The van der Waals surface area contributed by atoms with Crippen LogP contribution in [0, 0.1) is 19.8 Å². The molecule has 0 atom stereocenters. The lowest BCUT2D eigenvalue weighted by molar-refractivity contribution is -0.125. The number of aryl methyl sites for hydroxylation is 2. The number of piperidine rings is 1. The van der Waals surface area contributed by atoms with E-state index in [0.29, 0.717) is 43.9 Å². The van der Waals surface area contributed by atoms with Gasteiger partial charge in [0, 0.05) is 37.1 Å². The molecule has 1 aromatic carbocycles. The Morgan fingerprint density at radius 2 is 1.93 bits per heavy atom. The van der Waals surface area contributed by atoms with Crippen molar-refractivity contribution in [2.24, 2.45) is 5.92 Å². The number of sulfonamides is 1. The lowest BCUT2D eigenvalue weighted by atomic mass is 9.97. The lowest BCUT2D eigenvalue weighted by Crippen LogP contribution is -2.43. The molecule has 1 aliphatic rings. The normalized spacial score (nSPS) is 16.1. The van der Waals surface area contributed by atoms with Crippen molar-refractivity contribution in [3.63, 3.8) is 0 Å². The molecule has 0 aliphatic carbocycles. The van der Waals surface area contributed by atoms with Crippen molar-refractivity contribution in [1.82, 2.24) is 14.8 Å². The van der Waals surface area contributed by atoms with Crippen molar-refractivity contribution in [3.05, 3.63) is 47.3 Å². The SMILES string of the molecule is Cc1noc(C)c1S(=O)(=O)N1CCC(C(=O)NCCSCc2ccccc2)CC1. The molecule has 1 fully saturated rings. The van der Waals surface area contributed by atoms with E-state index in [9.17, 15) is 13.2 Å². The summed E-state index contributed by atoms with van der Waals surface area (Å²) in [4.78, 5) is 12.6. The quantitative estimate of drug-likeness (QED) is 0.639. The summed E-state index contributed by atoms with van der Waals surface area (Å²) in [5, 5.41) is 6.73. The van der Waals surface area contributed by atoms with Gasteiger partial charge in [0.2, 0.25) is 15.9 Å². The summed E-state index contributed by atoms with van der Waals surface area (Å²) in [6.45, 7) is 4.50. The second-order valence-electron chi connectivity index (χ2n) is 7.16. The zero-order chi connectivity index (χ0) is 20.9. The maximum absolute atomic E-state index is 12.9. The third kappa shape index (κ3) is 5.40. The Bertz CT molecular complexity index is 901. The minimum atomic E-state index is -3.64. The molecule has 0 bridgehead atoms. The van der Waals surface area contributed by atoms with E-state index in [1.54, 1.807) is 25.6 Å². The van der Waals surface area contributed by atoms with E-state index in [-0.39, 0.29) is 16.7 Å². The molecule has 1 saturated heterocycles. The number of thioether (sulfide) groups is 1. The fourth-order valence-electron chi connectivity index (χ4n) is 3.49. The summed E-state index contributed by atoms with van der Waals surface area (Å²) in [5.41, 5.74) is 1.64. The van der Waals surface area contributed by atoms with Crippen molar-refractivity contribution in [2.75, 3.05) is 25.4 Å². The van der Waals surface area contributed by atoms with Crippen molar-refractivity contribution in [3.8, 4) is 0 Å². The average Bonchev–Trinajstić information content (AvgIpc) is 3.07. The predicted octanol–water partition coefficient (Wildman–Crippen LogP) is 2.74. The number of amides is 1. The molecule has 0 unspecified atom stereocenters. The molecule has 2 aromatic rings. The van der Waals surface area contributed by atoms with E-state index < -0.39 is 10.0 Å². The van der Waals surface area contributed by atoms with Crippen LogP contribution in [0.2, 0.25) is 0 Å². The van der Waals surface area contributed by atoms with Crippen LogP contribution in [-0.4, -0.2) is 49.2 Å². The Labute approximate surface area is 176 Å². The fourth-order valence-corrected chi connectivity index (χ4v) is 6.07. The standard InChI is InChI=1S/C20H27N3O4S2/c1-15-19(16(2)27-22-15)29(25,26)23-11-8-18(9-12-23)20(24)21-10-13-28-14-17-6-4-3-5-7-17/h3-7,18H,8-14H2,1-2H3,(H,21,24). The van der Waals surface area contributed by atoms with Crippen LogP contribution in [-0.2, 0) is 20.6 Å². The molecule has 1 N–H and O–H groups in total. The molecule has 1 amide bonds. The Morgan fingerprint density at radius 3 is 2.55 bits per heavy atom.